The highest BCUT2D eigenvalue weighted by molar-refractivity contribution is 7.97. The van der Waals surface area contributed by atoms with E-state index in [1.807, 2.05) is 49.6 Å². The monoisotopic (exact) mass is 389 g/mol. The largest absolute Gasteiger partial charge is 0.391 e. The molecule has 0 saturated carbocycles. The van der Waals surface area contributed by atoms with Crippen LogP contribution in [-0.4, -0.2) is 30.6 Å². The van der Waals surface area contributed by atoms with E-state index in [0.717, 1.165) is 22.4 Å². The zero-order valence-corrected chi connectivity index (χ0v) is 16.4. The van der Waals surface area contributed by atoms with Gasteiger partial charge in [-0.1, -0.05) is 53.2 Å². The Morgan fingerprint density at radius 3 is 2.54 bits per heavy atom. The van der Waals surface area contributed by atoms with Crippen molar-refractivity contribution in [1.29, 1.82) is 0 Å². The molecule has 5 nitrogen and oxygen atoms in total. The molecule has 0 fully saturated rings. The van der Waals surface area contributed by atoms with Gasteiger partial charge < -0.3 is 10.2 Å². The molecule has 1 amide bonds. The number of hydrogen-bond acceptors (Lipinski definition) is 5. The van der Waals surface area contributed by atoms with E-state index in [-0.39, 0.29) is 12.5 Å². The smallest absolute Gasteiger partial charge is 0.270 e. The normalized spacial score (nSPS) is 12.0. The minimum absolute atomic E-state index is 0.228. The van der Waals surface area contributed by atoms with Gasteiger partial charge in [0.2, 0.25) is 0 Å². The first-order chi connectivity index (χ1) is 12.6. The molecule has 136 valence electrons. The van der Waals surface area contributed by atoms with E-state index >= 15 is 0 Å². The van der Waals surface area contributed by atoms with Crippen LogP contribution in [0.25, 0.3) is 0 Å². The summed E-state index contributed by atoms with van der Waals surface area (Å²) < 4.78 is 4.24. The molecule has 0 radical (unpaired) electrons. The third-order valence-electron chi connectivity index (χ3n) is 3.58. The first-order valence-electron chi connectivity index (χ1n) is 7.90. The summed E-state index contributed by atoms with van der Waals surface area (Å²) in [5.74, 6) is -0.243. The molecule has 0 bridgehead atoms. The van der Waals surface area contributed by atoms with Gasteiger partial charge in [0.25, 0.3) is 5.91 Å². The molecule has 0 aliphatic heterocycles. The van der Waals surface area contributed by atoms with Gasteiger partial charge >= 0.3 is 0 Å². The third kappa shape index (κ3) is 5.34. The number of carbonyl (C=O) groups is 1. The second kappa shape index (κ2) is 9.99. The molecule has 26 heavy (non-hydrogen) atoms. The molecule has 0 spiro atoms. The Hall–Kier alpha value is -2.31. The molecule has 2 rings (SSSR count). The summed E-state index contributed by atoms with van der Waals surface area (Å²) in [5, 5.41) is 7.44. The van der Waals surface area contributed by atoms with E-state index in [9.17, 15) is 4.79 Å². The summed E-state index contributed by atoms with van der Waals surface area (Å²) in [7, 11) is 1.58. The SMILES string of the molecule is CNC(=O)C(=NSC)c1ccccc1CO/N=C(/C)c1ccc(Cl)cc1. The Kier molecular flexibility index (Phi) is 7.69. The van der Waals surface area contributed by atoms with Gasteiger partial charge in [0.1, 0.15) is 12.3 Å². The number of carbonyl (C=O) groups excluding carboxylic acids is 1. The Labute approximate surface area is 162 Å². The number of nitrogens with one attached hydrogen (secondary N) is 1. The van der Waals surface area contributed by atoms with Crippen LogP contribution in [0.4, 0.5) is 0 Å². The lowest BCUT2D eigenvalue weighted by atomic mass is 10.0. The number of oxime groups is 1. The van der Waals surface area contributed by atoms with Gasteiger partial charge in [0.15, 0.2) is 0 Å². The van der Waals surface area contributed by atoms with Crippen molar-refractivity contribution in [3.63, 3.8) is 0 Å². The molecular weight excluding hydrogens is 370 g/mol. The molecular formula is C19H20ClN3O2S. The minimum Gasteiger partial charge on any atom is -0.391 e. The summed E-state index contributed by atoms with van der Waals surface area (Å²) in [4.78, 5) is 17.6. The summed E-state index contributed by atoms with van der Waals surface area (Å²) in [6, 6.07) is 14.9. The third-order valence-corrected chi connectivity index (χ3v) is 4.20. The van der Waals surface area contributed by atoms with E-state index in [2.05, 4.69) is 14.9 Å². The number of halogens is 1. The van der Waals surface area contributed by atoms with Gasteiger partial charge in [-0.15, -0.1) is 0 Å². The molecule has 2 aromatic rings. The van der Waals surface area contributed by atoms with Gasteiger partial charge in [-0.05, 0) is 36.6 Å². The van der Waals surface area contributed by atoms with Crippen LogP contribution < -0.4 is 5.32 Å². The van der Waals surface area contributed by atoms with Gasteiger partial charge in [-0.2, -0.15) is 0 Å². The van der Waals surface area contributed by atoms with E-state index in [1.165, 1.54) is 11.9 Å². The molecule has 1 N–H and O–H groups in total. The molecule has 0 heterocycles. The van der Waals surface area contributed by atoms with E-state index in [0.29, 0.717) is 10.7 Å². The number of amides is 1. The van der Waals surface area contributed by atoms with E-state index < -0.39 is 0 Å². The van der Waals surface area contributed by atoms with Gasteiger partial charge in [0, 0.05) is 29.5 Å². The number of rotatable bonds is 7. The lowest BCUT2D eigenvalue weighted by Crippen LogP contribution is -2.29. The number of hydrogen-bond donors (Lipinski definition) is 1. The zero-order valence-electron chi connectivity index (χ0n) is 14.8. The fourth-order valence-electron chi connectivity index (χ4n) is 2.24. The molecule has 0 saturated heterocycles. The quantitative estimate of drug-likeness (QED) is 0.440. The fourth-order valence-corrected chi connectivity index (χ4v) is 2.73. The summed E-state index contributed by atoms with van der Waals surface area (Å²) in [5.41, 5.74) is 3.58. The molecule has 0 aliphatic rings. The predicted molar refractivity (Wildman–Crippen MR) is 109 cm³/mol. The van der Waals surface area contributed by atoms with Crippen molar-refractivity contribution < 1.29 is 9.63 Å². The van der Waals surface area contributed by atoms with Crippen LogP contribution in [0.15, 0.2) is 58.1 Å². The fraction of sp³-hybridized carbons (Fsp3) is 0.211. The van der Waals surface area contributed by atoms with Gasteiger partial charge in [-0.25, -0.2) is 4.40 Å². The topological polar surface area (TPSA) is 63.0 Å². The van der Waals surface area contributed by atoms with Crippen molar-refractivity contribution in [3.8, 4) is 0 Å². The van der Waals surface area contributed by atoms with Crippen LogP contribution in [0, 0.1) is 0 Å². The Bertz CT molecular complexity index is 820. The predicted octanol–water partition coefficient (Wildman–Crippen LogP) is 4.09. The number of benzene rings is 2. The summed E-state index contributed by atoms with van der Waals surface area (Å²) in [6.45, 7) is 2.09. The second-order valence-electron chi connectivity index (χ2n) is 5.32. The van der Waals surface area contributed by atoms with Crippen LogP contribution >= 0.6 is 23.5 Å². The summed E-state index contributed by atoms with van der Waals surface area (Å²) in [6.07, 6.45) is 1.81. The molecule has 7 heteroatoms. The average Bonchev–Trinajstić information content (AvgIpc) is 2.66. The Balaban J connectivity index is 2.17. The Morgan fingerprint density at radius 2 is 1.88 bits per heavy atom. The number of likely N-dealkylation sites (N-methyl/N-ethyl adjacent to an activating group) is 1. The van der Waals surface area contributed by atoms with Crippen LogP contribution in [0.5, 0.6) is 0 Å². The van der Waals surface area contributed by atoms with E-state index in [4.69, 9.17) is 16.4 Å². The van der Waals surface area contributed by atoms with Crippen LogP contribution in [0.3, 0.4) is 0 Å². The van der Waals surface area contributed by atoms with Crippen molar-refractivity contribution in [2.45, 2.75) is 13.5 Å². The maximum atomic E-state index is 12.1. The highest BCUT2D eigenvalue weighted by Crippen LogP contribution is 2.15. The maximum Gasteiger partial charge on any atom is 0.270 e. The van der Waals surface area contributed by atoms with E-state index in [1.54, 1.807) is 19.2 Å². The van der Waals surface area contributed by atoms with Crippen LogP contribution in [-0.2, 0) is 16.2 Å². The lowest BCUT2D eigenvalue weighted by molar-refractivity contribution is -0.114. The average molecular weight is 390 g/mol. The van der Waals surface area contributed by atoms with Crippen molar-refractivity contribution in [2.24, 2.45) is 9.55 Å². The standard InChI is InChI=1S/C19H20ClN3O2S/c1-13(14-8-10-16(20)11-9-14)22-25-12-15-6-4-5-7-17(15)18(23-26-3)19(24)21-2/h4-11H,12H2,1-3H3,(H,21,24)/b22-13-,23-18?. The minimum atomic E-state index is -0.243. The molecule has 0 atom stereocenters. The van der Waals surface area contributed by atoms with Gasteiger partial charge in [0.05, 0.1) is 5.71 Å². The maximum absolute atomic E-state index is 12.1. The van der Waals surface area contributed by atoms with Crippen molar-refractivity contribution in [1.82, 2.24) is 5.32 Å². The first kappa shape index (κ1) is 20.0. The molecule has 0 aliphatic carbocycles. The highest BCUT2D eigenvalue weighted by Gasteiger charge is 2.16. The van der Waals surface area contributed by atoms with Gasteiger partial charge in [-0.3, -0.25) is 4.79 Å². The number of nitrogens with zero attached hydrogens (tertiary/aromatic N) is 2. The van der Waals surface area contributed by atoms with Crippen LogP contribution in [0.1, 0.15) is 23.6 Å². The van der Waals surface area contributed by atoms with Crippen molar-refractivity contribution in [3.05, 3.63) is 70.2 Å². The molecule has 0 aromatic heterocycles. The van der Waals surface area contributed by atoms with Crippen molar-refractivity contribution >= 4 is 40.9 Å². The molecule has 2 aromatic carbocycles. The molecule has 0 unspecified atom stereocenters. The lowest BCUT2D eigenvalue weighted by Gasteiger charge is -2.10. The van der Waals surface area contributed by atoms with Crippen molar-refractivity contribution in [2.75, 3.05) is 13.3 Å². The highest BCUT2D eigenvalue weighted by atomic mass is 35.5. The zero-order chi connectivity index (χ0) is 18.9. The second-order valence-corrected chi connectivity index (χ2v) is 6.30. The first-order valence-corrected chi connectivity index (χ1v) is 9.46. The summed E-state index contributed by atoms with van der Waals surface area (Å²) >= 11 is 7.13. The van der Waals surface area contributed by atoms with Crippen LogP contribution in [0.2, 0.25) is 5.02 Å². The Morgan fingerprint density at radius 1 is 1.19 bits per heavy atom.